The van der Waals surface area contributed by atoms with Gasteiger partial charge < -0.3 is 4.57 Å². The average Bonchev–Trinajstić information content (AvgIpc) is 3.23. The molecule has 0 bridgehead atoms. The third-order valence-electron chi connectivity index (χ3n) is 5.37. The van der Waals surface area contributed by atoms with Crippen molar-refractivity contribution in [2.75, 3.05) is 5.75 Å². The molecule has 208 valence electrons. The van der Waals surface area contributed by atoms with Gasteiger partial charge in [0.15, 0.2) is 21.5 Å². The van der Waals surface area contributed by atoms with Crippen molar-refractivity contribution >= 4 is 9.84 Å². The third kappa shape index (κ3) is 4.58. The number of halogens is 10. The maximum Gasteiger partial charge on any atom is 0.460 e. The van der Waals surface area contributed by atoms with Crippen molar-refractivity contribution in [1.82, 2.24) is 24.5 Å². The molecule has 0 fully saturated rings. The van der Waals surface area contributed by atoms with E-state index in [1.807, 2.05) is 0 Å². The molecule has 3 rings (SSSR count). The Bertz CT molecular complexity index is 1430. The summed E-state index contributed by atoms with van der Waals surface area (Å²) in [6.45, 7) is 1.23. The van der Waals surface area contributed by atoms with Crippen molar-refractivity contribution in [1.29, 1.82) is 0 Å². The van der Waals surface area contributed by atoms with Gasteiger partial charge in [-0.25, -0.2) is 27.8 Å². The third-order valence-corrected chi connectivity index (χ3v) is 7.12. The van der Waals surface area contributed by atoms with E-state index in [4.69, 9.17) is 0 Å². The Hall–Kier alpha value is -3.31. The summed E-state index contributed by atoms with van der Waals surface area (Å²) in [6, 6.07) is 2.49. The SMILES string of the molecule is CCS(=O)(=O)c1cc(-c2ncccn2)cnc1-c1ncc([C@H](F)C(F)(F)C(F)(F)C(F)(F)C(F)(F)F)n1C. The Morgan fingerprint density at radius 2 is 1.47 bits per heavy atom. The van der Waals surface area contributed by atoms with Gasteiger partial charge in [0.05, 0.1) is 22.5 Å². The summed E-state index contributed by atoms with van der Waals surface area (Å²) in [6.07, 6.45) is -7.71. The molecular weight excluding hydrogens is 564 g/mol. The number of imidazole rings is 1. The summed E-state index contributed by atoms with van der Waals surface area (Å²) in [4.78, 5) is 14.6. The molecule has 0 amide bonds. The number of alkyl halides is 10. The number of aromatic nitrogens is 5. The topological polar surface area (TPSA) is 90.6 Å². The fraction of sp³-hybridized carbons (Fsp3) is 0.400. The standard InChI is InChI=1S/C20H15F10N5O2S/c1-3-38(36,37)12-7-10(15-31-5-4-6-32-15)8-33-13(12)16-34-9-11(35(16)2)14(21)17(22,23)18(24,25)19(26,27)20(28,29)30/h4-9,14H,3H2,1-2H3/t14-/m0/s1. The summed E-state index contributed by atoms with van der Waals surface area (Å²) >= 11 is 0. The first-order chi connectivity index (χ1) is 17.3. The Kier molecular flexibility index (Phi) is 7.28. The first-order valence-corrected chi connectivity index (χ1v) is 11.8. The molecule has 3 aromatic rings. The van der Waals surface area contributed by atoms with E-state index in [1.54, 1.807) is 0 Å². The van der Waals surface area contributed by atoms with Crippen LogP contribution < -0.4 is 0 Å². The van der Waals surface area contributed by atoms with Crippen LogP contribution in [-0.2, 0) is 16.9 Å². The smallest absolute Gasteiger partial charge is 0.327 e. The second-order valence-corrected chi connectivity index (χ2v) is 9.99. The Morgan fingerprint density at radius 1 is 0.895 bits per heavy atom. The highest BCUT2D eigenvalue weighted by atomic mass is 32.2. The van der Waals surface area contributed by atoms with E-state index in [2.05, 4.69) is 19.9 Å². The van der Waals surface area contributed by atoms with Gasteiger partial charge >= 0.3 is 23.9 Å². The van der Waals surface area contributed by atoms with E-state index in [0.717, 1.165) is 19.3 Å². The molecule has 0 unspecified atom stereocenters. The Morgan fingerprint density at radius 3 is 2.00 bits per heavy atom. The van der Waals surface area contributed by atoms with Crippen molar-refractivity contribution in [2.45, 2.75) is 41.9 Å². The zero-order valence-corrected chi connectivity index (χ0v) is 19.8. The van der Waals surface area contributed by atoms with Crippen LogP contribution in [0.25, 0.3) is 22.9 Å². The second-order valence-electron chi connectivity index (χ2n) is 7.74. The normalized spacial score (nSPS) is 14.5. The van der Waals surface area contributed by atoms with Crippen LogP contribution in [-0.4, -0.2) is 62.6 Å². The molecule has 0 aliphatic carbocycles. The molecule has 0 aliphatic heterocycles. The van der Waals surface area contributed by atoms with E-state index in [0.29, 0.717) is 0 Å². The number of hydrogen-bond acceptors (Lipinski definition) is 6. The molecule has 3 aromatic heterocycles. The lowest BCUT2D eigenvalue weighted by Gasteiger charge is -2.35. The lowest BCUT2D eigenvalue weighted by atomic mass is 9.98. The predicted molar refractivity (Wildman–Crippen MR) is 110 cm³/mol. The van der Waals surface area contributed by atoms with Crippen LogP contribution in [0.4, 0.5) is 43.9 Å². The Labute approximate surface area is 207 Å². The van der Waals surface area contributed by atoms with Crippen molar-refractivity contribution in [3.63, 3.8) is 0 Å². The number of rotatable bonds is 8. The van der Waals surface area contributed by atoms with Gasteiger partial charge in [-0.2, -0.15) is 39.5 Å². The van der Waals surface area contributed by atoms with Gasteiger partial charge in [-0.3, -0.25) is 4.98 Å². The molecule has 38 heavy (non-hydrogen) atoms. The summed E-state index contributed by atoms with van der Waals surface area (Å²) < 4.78 is 160. The highest BCUT2D eigenvalue weighted by Gasteiger charge is 2.83. The molecule has 0 aromatic carbocycles. The fourth-order valence-electron chi connectivity index (χ4n) is 3.19. The van der Waals surface area contributed by atoms with E-state index < -0.39 is 67.8 Å². The summed E-state index contributed by atoms with van der Waals surface area (Å²) in [5.41, 5.74) is -2.07. The summed E-state index contributed by atoms with van der Waals surface area (Å²) in [5.74, 6) is -22.3. The molecule has 3 heterocycles. The lowest BCUT2D eigenvalue weighted by Crippen LogP contribution is -2.62. The zero-order valence-electron chi connectivity index (χ0n) is 19.0. The van der Waals surface area contributed by atoms with Gasteiger partial charge in [-0.1, -0.05) is 6.92 Å². The predicted octanol–water partition coefficient (Wildman–Crippen LogP) is 5.21. The minimum atomic E-state index is -7.30. The molecule has 18 heteroatoms. The van der Waals surface area contributed by atoms with Crippen molar-refractivity contribution in [3.05, 3.63) is 42.6 Å². The van der Waals surface area contributed by atoms with E-state index in [9.17, 15) is 52.3 Å². The minimum Gasteiger partial charge on any atom is -0.327 e. The van der Waals surface area contributed by atoms with Crippen LogP contribution in [0, 0.1) is 0 Å². The maximum atomic E-state index is 14.7. The molecule has 0 aliphatic rings. The van der Waals surface area contributed by atoms with Crippen LogP contribution in [0.15, 0.2) is 41.8 Å². The van der Waals surface area contributed by atoms with Crippen LogP contribution in [0.1, 0.15) is 18.8 Å². The number of pyridine rings is 1. The molecule has 0 saturated heterocycles. The molecule has 0 spiro atoms. The van der Waals surface area contributed by atoms with Crippen molar-refractivity contribution < 1.29 is 52.3 Å². The molecule has 0 N–H and O–H groups in total. The molecule has 0 saturated carbocycles. The van der Waals surface area contributed by atoms with Crippen LogP contribution >= 0.6 is 0 Å². The van der Waals surface area contributed by atoms with Gasteiger partial charge in [0.25, 0.3) is 0 Å². The van der Waals surface area contributed by atoms with Gasteiger partial charge in [0, 0.05) is 31.2 Å². The van der Waals surface area contributed by atoms with Gasteiger partial charge in [0.1, 0.15) is 5.69 Å². The fourth-order valence-corrected chi connectivity index (χ4v) is 4.24. The van der Waals surface area contributed by atoms with Gasteiger partial charge in [-0.15, -0.1) is 0 Å². The Balaban J connectivity index is 2.14. The van der Waals surface area contributed by atoms with E-state index in [-0.39, 0.29) is 22.2 Å². The van der Waals surface area contributed by atoms with E-state index in [1.165, 1.54) is 25.4 Å². The zero-order chi connectivity index (χ0) is 28.9. The van der Waals surface area contributed by atoms with Gasteiger partial charge in [-0.05, 0) is 12.1 Å². The highest BCUT2D eigenvalue weighted by molar-refractivity contribution is 7.91. The molecule has 0 radical (unpaired) electrons. The average molecular weight is 579 g/mol. The molecule has 7 nitrogen and oxygen atoms in total. The minimum absolute atomic E-state index is 0.0240. The highest BCUT2D eigenvalue weighted by Crippen LogP contribution is 2.57. The van der Waals surface area contributed by atoms with Crippen molar-refractivity contribution in [2.24, 2.45) is 7.05 Å². The lowest BCUT2D eigenvalue weighted by molar-refractivity contribution is -0.403. The largest absolute Gasteiger partial charge is 0.460 e. The second kappa shape index (κ2) is 9.46. The maximum absolute atomic E-state index is 14.7. The van der Waals surface area contributed by atoms with Crippen molar-refractivity contribution in [3.8, 4) is 22.9 Å². The van der Waals surface area contributed by atoms with Crippen LogP contribution in [0.5, 0.6) is 0 Å². The number of sulfone groups is 1. The van der Waals surface area contributed by atoms with Gasteiger partial charge in [0.2, 0.25) is 6.17 Å². The number of hydrogen-bond donors (Lipinski definition) is 0. The molecular formula is C20H15F10N5O2S. The van der Waals surface area contributed by atoms with Crippen LogP contribution in [0.2, 0.25) is 0 Å². The first kappa shape index (κ1) is 29.2. The number of nitrogens with zero attached hydrogens (tertiary/aromatic N) is 5. The monoisotopic (exact) mass is 579 g/mol. The van der Waals surface area contributed by atoms with E-state index >= 15 is 0 Å². The van der Waals surface area contributed by atoms with Crippen LogP contribution in [0.3, 0.4) is 0 Å². The summed E-state index contributed by atoms with van der Waals surface area (Å²) in [7, 11) is -3.46. The summed E-state index contributed by atoms with van der Waals surface area (Å²) in [5, 5.41) is 0. The molecule has 1 atom stereocenters. The quantitative estimate of drug-likeness (QED) is 0.341. The first-order valence-electron chi connectivity index (χ1n) is 10.2.